The van der Waals surface area contributed by atoms with Crippen molar-refractivity contribution >= 4 is 16.9 Å². The summed E-state index contributed by atoms with van der Waals surface area (Å²) < 4.78 is 0. The maximum Gasteiger partial charge on any atom is 0.253 e. The molecule has 118 valence electrons. The first-order valence-corrected chi connectivity index (χ1v) is 8.19. The highest BCUT2D eigenvalue weighted by atomic mass is 16.1. The summed E-state index contributed by atoms with van der Waals surface area (Å²) in [6, 6.07) is 9.67. The van der Waals surface area contributed by atoms with E-state index in [2.05, 4.69) is 27.2 Å². The van der Waals surface area contributed by atoms with Crippen molar-refractivity contribution in [3.63, 3.8) is 0 Å². The zero-order chi connectivity index (χ0) is 15.8. The number of nitrogens with one attached hydrogen (secondary N) is 3. The van der Waals surface area contributed by atoms with Gasteiger partial charge >= 0.3 is 0 Å². The normalized spacial score (nSPS) is 15.7. The highest BCUT2D eigenvalue weighted by Gasteiger charge is 2.29. The summed E-state index contributed by atoms with van der Waals surface area (Å²) in [5.74, 6) is 1.31. The Morgan fingerprint density at radius 2 is 2.17 bits per heavy atom. The van der Waals surface area contributed by atoms with E-state index in [4.69, 9.17) is 0 Å². The van der Waals surface area contributed by atoms with Crippen molar-refractivity contribution in [3.8, 4) is 0 Å². The molecule has 3 aromatic rings. The zero-order valence-electron chi connectivity index (χ0n) is 13.1. The Balaban J connectivity index is 1.57. The van der Waals surface area contributed by atoms with Crippen molar-refractivity contribution in [2.24, 2.45) is 0 Å². The fourth-order valence-electron chi connectivity index (χ4n) is 3.03. The fraction of sp³-hybridized carbons (Fsp3) is 0.333. The van der Waals surface area contributed by atoms with Gasteiger partial charge in [0, 0.05) is 11.9 Å². The summed E-state index contributed by atoms with van der Waals surface area (Å²) in [5, 5.41) is 3.12. The molecule has 1 saturated carbocycles. The largest absolute Gasteiger partial charge is 0.364 e. The second-order valence-corrected chi connectivity index (χ2v) is 6.15. The number of fused-ring (bicyclic) bond motifs is 1. The van der Waals surface area contributed by atoms with Crippen molar-refractivity contribution in [3.05, 3.63) is 53.6 Å². The topological polar surface area (TPSA) is 73.6 Å². The lowest BCUT2D eigenvalue weighted by Crippen LogP contribution is -2.29. The van der Waals surface area contributed by atoms with E-state index < -0.39 is 0 Å². The number of carbonyl (C=O) groups excluding carboxylic acids is 1. The van der Waals surface area contributed by atoms with Crippen LogP contribution >= 0.6 is 0 Å². The molecule has 0 spiro atoms. The number of nitrogens with zero attached hydrogens (tertiary/aromatic N) is 1. The van der Waals surface area contributed by atoms with Crippen LogP contribution in [0.1, 0.15) is 60.0 Å². The Bertz CT molecular complexity index is 810. The van der Waals surface area contributed by atoms with Crippen molar-refractivity contribution in [2.75, 3.05) is 0 Å². The lowest BCUT2D eigenvalue weighted by Gasteiger charge is -2.15. The molecule has 3 N–H and O–H groups in total. The van der Waals surface area contributed by atoms with Gasteiger partial charge in [-0.15, -0.1) is 0 Å². The number of amides is 1. The van der Waals surface area contributed by atoms with Crippen LogP contribution in [0.25, 0.3) is 11.0 Å². The average molecular weight is 308 g/mol. The summed E-state index contributed by atoms with van der Waals surface area (Å²) in [5.41, 5.74) is 3.76. The number of H-pyrrole nitrogens is 2. The second kappa shape index (κ2) is 5.57. The van der Waals surface area contributed by atoms with Crippen LogP contribution in [-0.4, -0.2) is 20.9 Å². The third-order valence-corrected chi connectivity index (χ3v) is 4.46. The van der Waals surface area contributed by atoms with Crippen LogP contribution in [0.4, 0.5) is 0 Å². The molecule has 2 heterocycles. The van der Waals surface area contributed by atoms with Crippen LogP contribution in [0.15, 0.2) is 36.5 Å². The van der Waals surface area contributed by atoms with Gasteiger partial charge in [0.05, 0.1) is 22.6 Å². The summed E-state index contributed by atoms with van der Waals surface area (Å²) >= 11 is 0. The van der Waals surface area contributed by atoms with E-state index in [1.807, 2.05) is 36.5 Å². The van der Waals surface area contributed by atoms with Gasteiger partial charge in [-0.1, -0.05) is 19.1 Å². The molecule has 23 heavy (non-hydrogen) atoms. The number of hydrogen-bond donors (Lipinski definition) is 3. The van der Waals surface area contributed by atoms with Crippen LogP contribution in [0.3, 0.4) is 0 Å². The van der Waals surface area contributed by atoms with Crippen molar-refractivity contribution < 1.29 is 4.79 Å². The minimum absolute atomic E-state index is 0.0274. The SMILES string of the molecule is CCC(NC(=O)c1cc[nH]c1C1CC1)c1nc2ccccc2[nH]1. The predicted octanol–water partition coefficient (Wildman–Crippen LogP) is 3.65. The Morgan fingerprint density at radius 3 is 2.91 bits per heavy atom. The Morgan fingerprint density at radius 1 is 1.35 bits per heavy atom. The molecule has 1 aromatic carbocycles. The van der Waals surface area contributed by atoms with Gasteiger partial charge in [0.1, 0.15) is 5.82 Å². The number of aromatic nitrogens is 3. The van der Waals surface area contributed by atoms with E-state index in [1.54, 1.807) is 0 Å². The number of imidazole rings is 1. The van der Waals surface area contributed by atoms with Crippen LogP contribution in [0.5, 0.6) is 0 Å². The Kier molecular flexibility index (Phi) is 3.41. The molecule has 1 fully saturated rings. The van der Waals surface area contributed by atoms with E-state index in [0.717, 1.165) is 34.5 Å². The first kappa shape index (κ1) is 14.1. The molecule has 1 aliphatic rings. The van der Waals surface area contributed by atoms with Crippen LogP contribution in [0, 0.1) is 0 Å². The van der Waals surface area contributed by atoms with E-state index in [-0.39, 0.29) is 11.9 Å². The molecule has 1 aliphatic carbocycles. The van der Waals surface area contributed by atoms with Crippen LogP contribution < -0.4 is 5.32 Å². The first-order chi connectivity index (χ1) is 11.3. The number of carbonyl (C=O) groups is 1. The number of benzene rings is 1. The maximum atomic E-state index is 12.6. The summed E-state index contributed by atoms with van der Waals surface area (Å²) in [6.07, 6.45) is 4.97. The van der Waals surface area contributed by atoms with Gasteiger partial charge in [0.25, 0.3) is 5.91 Å². The Hall–Kier alpha value is -2.56. The summed E-state index contributed by atoms with van der Waals surface area (Å²) in [4.78, 5) is 23.8. The fourth-order valence-corrected chi connectivity index (χ4v) is 3.03. The predicted molar refractivity (Wildman–Crippen MR) is 89.4 cm³/mol. The van der Waals surface area contributed by atoms with Crippen molar-refractivity contribution in [1.29, 1.82) is 0 Å². The minimum atomic E-state index is -0.114. The lowest BCUT2D eigenvalue weighted by atomic mass is 10.1. The van der Waals surface area contributed by atoms with E-state index >= 15 is 0 Å². The molecule has 1 unspecified atom stereocenters. The molecule has 0 aliphatic heterocycles. The third kappa shape index (κ3) is 2.63. The molecule has 0 bridgehead atoms. The summed E-state index contributed by atoms with van der Waals surface area (Å²) in [7, 11) is 0. The molecule has 2 aromatic heterocycles. The minimum Gasteiger partial charge on any atom is -0.364 e. The number of para-hydroxylation sites is 2. The third-order valence-electron chi connectivity index (χ3n) is 4.46. The van der Waals surface area contributed by atoms with E-state index in [0.29, 0.717) is 5.92 Å². The van der Waals surface area contributed by atoms with E-state index in [9.17, 15) is 4.79 Å². The molecule has 0 saturated heterocycles. The van der Waals surface area contributed by atoms with Gasteiger partial charge < -0.3 is 15.3 Å². The van der Waals surface area contributed by atoms with Crippen LogP contribution in [-0.2, 0) is 0 Å². The highest BCUT2D eigenvalue weighted by Crippen LogP contribution is 2.40. The standard InChI is InChI=1S/C18H20N4O/c1-2-13(17-20-14-5-3-4-6-15(14)21-17)22-18(23)12-9-10-19-16(12)11-7-8-11/h3-6,9-11,13,19H,2,7-8H2,1H3,(H,20,21)(H,22,23). The van der Waals surface area contributed by atoms with Crippen LogP contribution in [0.2, 0.25) is 0 Å². The molecule has 5 heteroatoms. The quantitative estimate of drug-likeness (QED) is 0.673. The highest BCUT2D eigenvalue weighted by molar-refractivity contribution is 5.96. The van der Waals surface area contributed by atoms with Gasteiger partial charge in [-0.05, 0) is 43.4 Å². The monoisotopic (exact) mass is 308 g/mol. The smallest absolute Gasteiger partial charge is 0.253 e. The number of rotatable bonds is 5. The van der Waals surface area contributed by atoms with Gasteiger partial charge in [-0.3, -0.25) is 4.79 Å². The molecular formula is C18H20N4O. The lowest BCUT2D eigenvalue weighted by molar-refractivity contribution is 0.0933. The van der Waals surface area contributed by atoms with Crippen molar-refractivity contribution in [2.45, 2.75) is 38.1 Å². The van der Waals surface area contributed by atoms with Gasteiger partial charge in [-0.2, -0.15) is 0 Å². The van der Waals surface area contributed by atoms with Gasteiger partial charge in [0.15, 0.2) is 0 Å². The molecule has 4 rings (SSSR count). The molecular weight excluding hydrogens is 288 g/mol. The molecule has 5 nitrogen and oxygen atoms in total. The Labute approximate surface area is 134 Å². The molecule has 0 radical (unpaired) electrons. The first-order valence-electron chi connectivity index (χ1n) is 8.19. The average Bonchev–Trinajstić information content (AvgIpc) is 3.13. The maximum absolute atomic E-state index is 12.6. The van der Waals surface area contributed by atoms with Gasteiger partial charge in [-0.25, -0.2) is 4.98 Å². The molecule has 1 amide bonds. The van der Waals surface area contributed by atoms with Crippen molar-refractivity contribution in [1.82, 2.24) is 20.3 Å². The zero-order valence-corrected chi connectivity index (χ0v) is 13.1. The summed E-state index contributed by atoms with van der Waals surface area (Å²) in [6.45, 7) is 2.05. The second-order valence-electron chi connectivity index (χ2n) is 6.15. The van der Waals surface area contributed by atoms with Gasteiger partial charge in [0.2, 0.25) is 0 Å². The number of aromatic amines is 2. The number of hydrogen-bond acceptors (Lipinski definition) is 2. The molecule has 1 atom stereocenters. The van der Waals surface area contributed by atoms with E-state index in [1.165, 1.54) is 12.8 Å².